The molecule has 0 N–H and O–H groups in total. The van der Waals surface area contributed by atoms with Crippen molar-refractivity contribution in [2.75, 3.05) is 5.88 Å². The van der Waals surface area contributed by atoms with Gasteiger partial charge in [-0.1, -0.05) is 18.2 Å². The van der Waals surface area contributed by atoms with E-state index in [0.717, 1.165) is 6.42 Å². The zero-order valence-electron chi connectivity index (χ0n) is 7.20. The van der Waals surface area contributed by atoms with Crippen LogP contribution in [0.4, 0.5) is 0 Å². The third-order valence-corrected chi connectivity index (χ3v) is 2.33. The molecular formula is C11H10ClN. The Hall–Kier alpha value is -1.08. The summed E-state index contributed by atoms with van der Waals surface area (Å²) in [5, 5.41) is 2.45. The van der Waals surface area contributed by atoms with Crippen LogP contribution in [-0.4, -0.2) is 10.9 Å². The van der Waals surface area contributed by atoms with Crippen LogP contribution in [0.25, 0.3) is 10.8 Å². The SMILES string of the molecule is ClCCc1cccc2ccncc12. The lowest BCUT2D eigenvalue weighted by Crippen LogP contribution is -1.88. The maximum atomic E-state index is 5.72. The Kier molecular flexibility index (Phi) is 2.46. The quantitative estimate of drug-likeness (QED) is 0.665. The van der Waals surface area contributed by atoms with Gasteiger partial charge in [-0.15, -0.1) is 11.6 Å². The van der Waals surface area contributed by atoms with Crippen molar-refractivity contribution in [2.24, 2.45) is 0 Å². The summed E-state index contributed by atoms with van der Waals surface area (Å²) in [4.78, 5) is 4.11. The predicted octanol–water partition coefficient (Wildman–Crippen LogP) is 3.02. The Bertz CT molecular complexity index is 406. The van der Waals surface area contributed by atoms with E-state index in [1.165, 1.54) is 16.3 Å². The van der Waals surface area contributed by atoms with Crippen molar-refractivity contribution >= 4 is 22.4 Å². The van der Waals surface area contributed by atoms with Gasteiger partial charge in [-0.25, -0.2) is 0 Å². The van der Waals surface area contributed by atoms with Crippen LogP contribution in [-0.2, 0) is 6.42 Å². The number of rotatable bonds is 2. The Morgan fingerprint density at radius 1 is 1.23 bits per heavy atom. The van der Waals surface area contributed by atoms with Crippen molar-refractivity contribution < 1.29 is 0 Å². The molecule has 2 heteroatoms. The van der Waals surface area contributed by atoms with Crippen LogP contribution < -0.4 is 0 Å². The van der Waals surface area contributed by atoms with Gasteiger partial charge in [-0.2, -0.15) is 0 Å². The molecule has 1 nitrogen and oxygen atoms in total. The fraction of sp³-hybridized carbons (Fsp3) is 0.182. The number of benzene rings is 1. The molecule has 2 aromatic rings. The molecule has 0 bridgehead atoms. The molecular weight excluding hydrogens is 182 g/mol. The van der Waals surface area contributed by atoms with E-state index in [4.69, 9.17) is 11.6 Å². The van der Waals surface area contributed by atoms with E-state index in [-0.39, 0.29) is 0 Å². The second-order valence-corrected chi connectivity index (χ2v) is 3.33. The topological polar surface area (TPSA) is 12.9 Å². The summed E-state index contributed by atoms with van der Waals surface area (Å²) in [5.41, 5.74) is 1.28. The second-order valence-electron chi connectivity index (χ2n) is 2.95. The van der Waals surface area contributed by atoms with Gasteiger partial charge in [0, 0.05) is 23.7 Å². The summed E-state index contributed by atoms with van der Waals surface area (Å²) in [7, 11) is 0. The van der Waals surface area contributed by atoms with Gasteiger partial charge in [0.1, 0.15) is 0 Å². The maximum Gasteiger partial charge on any atom is 0.0349 e. The molecule has 0 saturated carbocycles. The molecule has 13 heavy (non-hydrogen) atoms. The number of fused-ring (bicyclic) bond motifs is 1. The van der Waals surface area contributed by atoms with Crippen LogP contribution in [0.5, 0.6) is 0 Å². The highest BCUT2D eigenvalue weighted by Gasteiger charge is 1.98. The van der Waals surface area contributed by atoms with E-state index >= 15 is 0 Å². The minimum absolute atomic E-state index is 0.661. The molecule has 0 aliphatic heterocycles. The van der Waals surface area contributed by atoms with Crippen molar-refractivity contribution in [3.05, 3.63) is 42.2 Å². The number of aromatic nitrogens is 1. The molecule has 1 aromatic carbocycles. The maximum absolute atomic E-state index is 5.72. The predicted molar refractivity (Wildman–Crippen MR) is 56.2 cm³/mol. The van der Waals surface area contributed by atoms with Gasteiger partial charge in [0.15, 0.2) is 0 Å². The lowest BCUT2D eigenvalue weighted by molar-refractivity contribution is 1.16. The molecule has 0 radical (unpaired) electrons. The highest BCUT2D eigenvalue weighted by atomic mass is 35.5. The van der Waals surface area contributed by atoms with Gasteiger partial charge in [-0.05, 0) is 23.4 Å². The van der Waals surface area contributed by atoms with E-state index in [0.29, 0.717) is 5.88 Å². The molecule has 0 aliphatic carbocycles. The normalized spacial score (nSPS) is 10.5. The van der Waals surface area contributed by atoms with Crippen molar-refractivity contribution in [1.82, 2.24) is 4.98 Å². The van der Waals surface area contributed by atoms with E-state index in [2.05, 4.69) is 23.2 Å². The summed E-state index contributed by atoms with van der Waals surface area (Å²) in [6.45, 7) is 0. The van der Waals surface area contributed by atoms with Crippen LogP contribution in [0, 0.1) is 0 Å². The summed E-state index contributed by atoms with van der Waals surface area (Å²) in [5.74, 6) is 0.661. The molecule has 0 amide bonds. The highest BCUT2D eigenvalue weighted by molar-refractivity contribution is 6.18. The van der Waals surface area contributed by atoms with Gasteiger partial charge in [-0.3, -0.25) is 4.98 Å². The Morgan fingerprint density at radius 2 is 2.15 bits per heavy atom. The molecule has 2 rings (SSSR count). The van der Waals surface area contributed by atoms with Crippen LogP contribution >= 0.6 is 11.6 Å². The van der Waals surface area contributed by atoms with E-state index in [1.54, 1.807) is 0 Å². The third kappa shape index (κ3) is 1.65. The molecule has 0 saturated heterocycles. The fourth-order valence-electron chi connectivity index (χ4n) is 1.50. The largest absolute Gasteiger partial charge is 0.264 e. The minimum atomic E-state index is 0.661. The molecule has 66 valence electrons. The smallest absolute Gasteiger partial charge is 0.0349 e. The van der Waals surface area contributed by atoms with E-state index in [1.807, 2.05) is 18.5 Å². The van der Waals surface area contributed by atoms with Gasteiger partial charge in [0.2, 0.25) is 0 Å². The molecule has 0 atom stereocenters. The Labute approximate surface area is 82.4 Å². The summed E-state index contributed by atoms with van der Waals surface area (Å²) in [6.07, 6.45) is 4.62. The lowest BCUT2D eigenvalue weighted by Gasteiger charge is -2.02. The highest BCUT2D eigenvalue weighted by Crippen LogP contribution is 2.17. The lowest BCUT2D eigenvalue weighted by atomic mass is 10.1. The Morgan fingerprint density at radius 3 is 3.00 bits per heavy atom. The molecule has 0 unspecified atom stereocenters. The van der Waals surface area contributed by atoms with Crippen LogP contribution in [0.1, 0.15) is 5.56 Å². The van der Waals surface area contributed by atoms with Crippen molar-refractivity contribution in [2.45, 2.75) is 6.42 Å². The number of aryl methyl sites for hydroxylation is 1. The van der Waals surface area contributed by atoms with Crippen LogP contribution in [0.2, 0.25) is 0 Å². The first kappa shape index (κ1) is 8.52. The van der Waals surface area contributed by atoms with Gasteiger partial charge >= 0.3 is 0 Å². The summed E-state index contributed by atoms with van der Waals surface area (Å²) < 4.78 is 0. The number of alkyl halides is 1. The first-order valence-corrected chi connectivity index (χ1v) is 4.83. The van der Waals surface area contributed by atoms with Crippen LogP contribution in [0.15, 0.2) is 36.7 Å². The van der Waals surface area contributed by atoms with Crippen molar-refractivity contribution in [3.8, 4) is 0 Å². The molecule has 0 fully saturated rings. The number of hydrogen-bond acceptors (Lipinski definition) is 1. The number of nitrogens with zero attached hydrogens (tertiary/aromatic N) is 1. The fourth-order valence-corrected chi connectivity index (χ4v) is 1.70. The third-order valence-electron chi connectivity index (χ3n) is 2.14. The number of halogens is 1. The van der Waals surface area contributed by atoms with Crippen molar-refractivity contribution in [3.63, 3.8) is 0 Å². The monoisotopic (exact) mass is 191 g/mol. The zero-order valence-corrected chi connectivity index (χ0v) is 7.96. The van der Waals surface area contributed by atoms with Gasteiger partial charge in [0.05, 0.1) is 0 Å². The zero-order chi connectivity index (χ0) is 9.10. The first-order chi connectivity index (χ1) is 6.42. The average molecular weight is 192 g/mol. The standard InChI is InChI=1S/C11H10ClN/c12-6-4-9-2-1-3-10-5-7-13-8-11(9)10/h1-3,5,7-8H,4,6H2. The van der Waals surface area contributed by atoms with E-state index < -0.39 is 0 Å². The van der Waals surface area contributed by atoms with Gasteiger partial charge < -0.3 is 0 Å². The summed E-state index contributed by atoms with van der Waals surface area (Å²) in [6, 6.07) is 8.28. The summed E-state index contributed by atoms with van der Waals surface area (Å²) >= 11 is 5.72. The number of pyridine rings is 1. The molecule has 1 heterocycles. The van der Waals surface area contributed by atoms with Crippen LogP contribution in [0.3, 0.4) is 0 Å². The minimum Gasteiger partial charge on any atom is -0.264 e. The van der Waals surface area contributed by atoms with Crippen molar-refractivity contribution in [1.29, 1.82) is 0 Å². The second kappa shape index (κ2) is 3.75. The molecule has 1 aromatic heterocycles. The van der Waals surface area contributed by atoms with E-state index in [9.17, 15) is 0 Å². The first-order valence-electron chi connectivity index (χ1n) is 4.29. The molecule has 0 aliphatic rings. The number of hydrogen-bond donors (Lipinski definition) is 0. The Balaban J connectivity index is 2.61. The average Bonchev–Trinajstić information content (AvgIpc) is 2.19. The van der Waals surface area contributed by atoms with Gasteiger partial charge in [0.25, 0.3) is 0 Å². The molecule has 0 spiro atoms.